The minimum Gasteiger partial charge on any atom is -0.477 e. The summed E-state index contributed by atoms with van der Waals surface area (Å²) in [4.78, 5) is 10.6. The van der Waals surface area contributed by atoms with E-state index in [2.05, 4.69) is 0 Å². The summed E-state index contributed by atoms with van der Waals surface area (Å²) < 4.78 is 11.1. The Morgan fingerprint density at radius 3 is 2.36 bits per heavy atom. The first-order chi connectivity index (χ1) is 6.61. The maximum atomic E-state index is 11.1. The summed E-state index contributed by atoms with van der Waals surface area (Å²) >= 11 is 0. The van der Waals surface area contributed by atoms with Crippen LogP contribution in [-0.2, 0) is 15.6 Å². The molecule has 14 heavy (non-hydrogen) atoms. The van der Waals surface area contributed by atoms with E-state index in [1.165, 1.54) is 12.3 Å². The van der Waals surface area contributed by atoms with Crippen molar-refractivity contribution in [2.45, 2.75) is 0 Å². The quantitative estimate of drug-likeness (QED) is 0.769. The molecule has 0 aliphatic rings. The highest BCUT2D eigenvalue weighted by Crippen LogP contribution is 2.08. The molecule has 0 aliphatic carbocycles. The van der Waals surface area contributed by atoms with Gasteiger partial charge in [-0.2, -0.15) is 0 Å². The molecule has 4 heteroatoms. The van der Waals surface area contributed by atoms with E-state index in [1.54, 1.807) is 24.3 Å². The lowest BCUT2D eigenvalue weighted by Gasteiger charge is -1.97. The molecule has 0 saturated carbocycles. The van der Waals surface area contributed by atoms with Gasteiger partial charge in [-0.1, -0.05) is 30.3 Å². The van der Waals surface area contributed by atoms with E-state index >= 15 is 0 Å². The molecule has 1 aromatic rings. The Morgan fingerprint density at radius 1 is 1.36 bits per heavy atom. The maximum Gasteiger partial charge on any atom is 0.344 e. The fourth-order valence-electron chi connectivity index (χ4n) is 0.968. The lowest BCUT2D eigenvalue weighted by Crippen LogP contribution is -2.05. The highest BCUT2D eigenvalue weighted by Gasteiger charge is 2.10. The number of carboxylic acids is 1. The number of hydrogen-bond donors (Lipinski definition) is 1. The van der Waals surface area contributed by atoms with Gasteiger partial charge in [-0.3, -0.25) is 4.21 Å². The summed E-state index contributed by atoms with van der Waals surface area (Å²) in [6.07, 6.45) is 2.77. The largest absolute Gasteiger partial charge is 0.477 e. The van der Waals surface area contributed by atoms with Crippen LogP contribution in [0.4, 0.5) is 0 Å². The van der Waals surface area contributed by atoms with Crippen LogP contribution in [0.25, 0.3) is 6.08 Å². The predicted molar refractivity (Wildman–Crippen MR) is 56.1 cm³/mol. The Labute approximate surface area is 84.5 Å². The molecule has 0 saturated heterocycles. The highest BCUT2D eigenvalue weighted by molar-refractivity contribution is 7.89. The van der Waals surface area contributed by atoms with Crippen molar-refractivity contribution in [3.63, 3.8) is 0 Å². The molecule has 0 aromatic heterocycles. The second kappa shape index (κ2) is 4.72. The molecule has 0 amide bonds. The van der Waals surface area contributed by atoms with Crippen molar-refractivity contribution in [3.8, 4) is 0 Å². The minimum atomic E-state index is -1.47. The summed E-state index contributed by atoms with van der Waals surface area (Å²) in [6.45, 7) is 0. The topological polar surface area (TPSA) is 54.4 Å². The summed E-state index contributed by atoms with van der Waals surface area (Å²) in [5, 5.41) is 8.74. The maximum absolute atomic E-state index is 11.1. The Hall–Kier alpha value is -1.42. The first kappa shape index (κ1) is 10.7. The van der Waals surface area contributed by atoms with Crippen molar-refractivity contribution in [2.75, 3.05) is 6.26 Å². The van der Waals surface area contributed by atoms with E-state index in [1.807, 2.05) is 6.07 Å². The zero-order valence-corrected chi connectivity index (χ0v) is 8.45. The summed E-state index contributed by atoms with van der Waals surface area (Å²) in [7, 11) is -1.47. The molecule has 0 aliphatic heterocycles. The molecule has 0 bridgehead atoms. The van der Waals surface area contributed by atoms with Gasteiger partial charge >= 0.3 is 5.97 Å². The average Bonchev–Trinajstić information content (AvgIpc) is 2.15. The third-order valence-corrected chi connectivity index (χ3v) is 2.53. The van der Waals surface area contributed by atoms with Crippen LogP contribution in [-0.4, -0.2) is 21.5 Å². The number of carboxylic acid groups (broad SMARTS) is 1. The molecule has 1 N–H and O–H groups in total. The number of hydrogen-bond acceptors (Lipinski definition) is 2. The van der Waals surface area contributed by atoms with Crippen LogP contribution in [0.15, 0.2) is 35.2 Å². The molecular weight excluding hydrogens is 200 g/mol. The molecule has 1 aromatic carbocycles. The van der Waals surface area contributed by atoms with Gasteiger partial charge in [0.25, 0.3) is 0 Å². The smallest absolute Gasteiger partial charge is 0.344 e. The second-order valence-corrected chi connectivity index (χ2v) is 4.03. The van der Waals surface area contributed by atoms with Crippen molar-refractivity contribution in [2.24, 2.45) is 0 Å². The lowest BCUT2D eigenvalue weighted by atomic mass is 10.2. The van der Waals surface area contributed by atoms with Crippen LogP contribution in [0.5, 0.6) is 0 Å². The summed E-state index contributed by atoms with van der Waals surface area (Å²) in [5.41, 5.74) is 0.736. The van der Waals surface area contributed by atoms with Gasteiger partial charge in [0.1, 0.15) is 4.91 Å². The summed E-state index contributed by atoms with van der Waals surface area (Å²) in [5.74, 6) is -1.14. The van der Waals surface area contributed by atoms with Crippen molar-refractivity contribution in [3.05, 3.63) is 40.8 Å². The molecule has 74 valence electrons. The van der Waals surface area contributed by atoms with E-state index in [0.29, 0.717) is 0 Å². The third kappa shape index (κ3) is 2.81. The number of carbonyl (C=O) groups is 1. The molecule has 1 atom stereocenters. The Morgan fingerprint density at radius 2 is 1.93 bits per heavy atom. The first-order valence-corrected chi connectivity index (χ1v) is 5.50. The van der Waals surface area contributed by atoms with E-state index in [0.717, 1.165) is 5.56 Å². The molecular formula is C10H10O3S. The summed E-state index contributed by atoms with van der Waals surface area (Å²) in [6, 6.07) is 8.94. The average molecular weight is 210 g/mol. The van der Waals surface area contributed by atoms with Crippen LogP contribution >= 0.6 is 0 Å². The van der Waals surface area contributed by atoms with Crippen LogP contribution in [0, 0.1) is 0 Å². The fraction of sp³-hybridized carbons (Fsp3) is 0.100. The van der Waals surface area contributed by atoms with Gasteiger partial charge in [-0.15, -0.1) is 0 Å². The van der Waals surface area contributed by atoms with E-state index in [9.17, 15) is 9.00 Å². The first-order valence-electron chi connectivity index (χ1n) is 3.94. The fourth-order valence-corrected chi connectivity index (χ4v) is 1.52. The third-order valence-electron chi connectivity index (χ3n) is 1.62. The normalized spacial score (nSPS) is 13.6. The second-order valence-electron chi connectivity index (χ2n) is 2.68. The zero-order valence-electron chi connectivity index (χ0n) is 7.64. The Bertz CT molecular complexity index is 366. The molecule has 0 heterocycles. The standard InChI is InChI=1S/C10H10O3S/c1-14(13)9(10(11)12)7-8-5-3-2-4-6-8/h2-7H,1H3,(H,11,12)/b9-7+. The number of rotatable bonds is 3. The monoisotopic (exact) mass is 210 g/mol. The highest BCUT2D eigenvalue weighted by atomic mass is 32.2. The van der Waals surface area contributed by atoms with Gasteiger partial charge < -0.3 is 5.11 Å². The van der Waals surface area contributed by atoms with Crippen LogP contribution in [0.1, 0.15) is 5.56 Å². The van der Waals surface area contributed by atoms with Gasteiger partial charge in [0.05, 0.1) is 10.8 Å². The molecule has 0 spiro atoms. The van der Waals surface area contributed by atoms with Crippen LogP contribution in [0.2, 0.25) is 0 Å². The number of benzene rings is 1. The lowest BCUT2D eigenvalue weighted by molar-refractivity contribution is -0.131. The van der Waals surface area contributed by atoms with Crippen molar-refractivity contribution in [1.82, 2.24) is 0 Å². The van der Waals surface area contributed by atoms with Gasteiger partial charge in [0.15, 0.2) is 0 Å². The van der Waals surface area contributed by atoms with E-state index in [4.69, 9.17) is 5.11 Å². The van der Waals surface area contributed by atoms with Gasteiger partial charge in [0.2, 0.25) is 0 Å². The molecule has 1 unspecified atom stereocenters. The van der Waals surface area contributed by atoms with E-state index < -0.39 is 16.8 Å². The minimum absolute atomic E-state index is 0.0869. The van der Waals surface area contributed by atoms with Gasteiger partial charge in [-0.25, -0.2) is 4.79 Å². The number of aliphatic carboxylic acids is 1. The van der Waals surface area contributed by atoms with Gasteiger partial charge in [0, 0.05) is 6.26 Å². The molecule has 0 fully saturated rings. The molecule has 3 nitrogen and oxygen atoms in total. The zero-order chi connectivity index (χ0) is 10.6. The van der Waals surface area contributed by atoms with Gasteiger partial charge in [-0.05, 0) is 11.6 Å². The van der Waals surface area contributed by atoms with Crippen molar-refractivity contribution >= 4 is 22.8 Å². The Kier molecular flexibility index (Phi) is 3.59. The molecule has 0 radical (unpaired) electrons. The van der Waals surface area contributed by atoms with Crippen LogP contribution < -0.4 is 0 Å². The predicted octanol–water partition coefficient (Wildman–Crippen LogP) is 1.49. The van der Waals surface area contributed by atoms with Crippen LogP contribution in [0.3, 0.4) is 0 Å². The SMILES string of the molecule is CS(=O)/C(=C/c1ccccc1)C(=O)O. The Balaban J connectivity index is 3.06. The van der Waals surface area contributed by atoms with E-state index in [-0.39, 0.29) is 4.91 Å². The van der Waals surface area contributed by atoms with Crippen molar-refractivity contribution < 1.29 is 14.1 Å². The molecule has 1 rings (SSSR count). The van der Waals surface area contributed by atoms with Crippen molar-refractivity contribution in [1.29, 1.82) is 0 Å².